The molecule has 2 amide bonds. The van der Waals surface area contributed by atoms with E-state index in [0.717, 1.165) is 5.56 Å². The summed E-state index contributed by atoms with van der Waals surface area (Å²) in [5.74, 6) is -0.270. The van der Waals surface area contributed by atoms with Crippen LogP contribution < -0.4 is 14.8 Å². The topological polar surface area (TPSA) is 102 Å². The first-order valence-corrected chi connectivity index (χ1v) is 10.4. The van der Waals surface area contributed by atoms with Crippen LogP contribution in [0.2, 0.25) is 0 Å². The molecule has 0 spiro atoms. The van der Waals surface area contributed by atoms with Gasteiger partial charge in [-0.25, -0.2) is 12.7 Å². The lowest BCUT2D eigenvalue weighted by Crippen LogP contribution is -2.45. The molecule has 1 heterocycles. The highest BCUT2D eigenvalue weighted by atomic mass is 32.2. The molecule has 2 aromatic carbocycles. The van der Waals surface area contributed by atoms with Crippen LogP contribution in [-0.4, -0.2) is 44.8 Å². The van der Waals surface area contributed by atoms with Gasteiger partial charge in [0.15, 0.2) is 0 Å². The lowest BCUT2D eigenvalue weighted by molar-refractivity contribution is -0.128. The number of carbonyl (C=O) groups is 2. The smallest absolute Gasteiger partial charge is 0.267 e. The van der Waals surface area contributed by atoms with Crippen LogP contribution >= 0.6 is 0 Å². The molecule has 0 unspecified atom stereocenters. The van der Waals surface area contributed by atoms with Gasteiger partial charge in [-0.05, 0) is 25.5 Å². The van der Waals surface area contributed by atoms with Gasteiger partial charge in [0.05, 0.1) is 19.1 Å². The average Bonchev–Trinajstić information content (AvgIpc) is 3.10. The van der Waals surface area contributed by atoms with Crippen molar-refractivity contribution < 1.29 is 27.5 Å². The fraction of sp³-hybridized carbons (Fsp3) is 0.300. The molecule has 1 atom stereocenters. The quantitative estimate of drug-likeness (QED) is 0.773. The summed E-state index contributed by atoms with van der Waals surface area (Å²) in [5, 5.41) is 2.66. The number of benzene rings is 2. The van der Waals surface area contributed by atoms with Crippen LogP contribution in [0.25, 0.3) is 0 Å². The highest BCUT2D eigenvalue weighted by molar-refractivity contribution is 7.89. The van der Waals surface area contributed by atoms with Crippen LogP contribution in [0.5, 0.6) is 11.5 Å². The van der Waals surface area contributed by atoms with Gasteiger partial charge in [0, 0.05) is 30.3 Å². The number of nitrogens with zero attached hydrogens (tertiary/aromatic N) is 1. The van der Waals surface area contributed by atoms with Gasteiger partial charge in [-0.1, -0.05) is 17.7 Å². The number of aryl methyl sites for hydroxylation is 1. The number of ether oxygens (including phenoxy) is 2. The number of hydrogen-bond donors (Lipinski definition) is 1. The number of anilines is 1. The molecule has 154 valence electrons. The van der Waals surface area contributed by atoms with E-state index in [4.69, 9.17) is 9.47 Å². The van der Waals surface area contributed by atoms with Crippen LogP contribution in [0.3, 0.4) is 0 Å². The summed E-state index contributed by atoms with van der Waals surface area (Å²) in [6, 6.07) is 9.81. The minimum Gasteiger partial charge on any atom is -0.497 e. The molecule has 1 saturated heterocycles. The van der Waals surface area contributed by atoms with E-state index >= 15 is 0 Å². The number of amides is 2. The maximum absolute atomic E-state index is 13.0. The van der Waals surface area contributed by atoms with Crippen LogP contribution in [0, 0.1) is 6.92 Å². The fourth-order valence-electron chi connectivity index (χ4n) is 3.13. The largest absolute Gasteiger partial charge is 0.497 e. The zero-order valence-corrected chi connectivity index (χ0v) is 17.2. The SMILES string of the molecule is COc1cc(NC(=O)[C@H]2CCC(=O)N2S(=O)(=O)c2ccc(C)cc2)cc(OC)c1. The first-order chi connectivity index (χ1) is 13.8. The number of nitrogens with one attached hydrogen (secondary N) is 1. The van der Waals surface area contributed by atoms with Gasteiger partial charge in [0.25, 0.3) is 10.0 Å². The summed E-state index contributed by atoms with van der Waals surface area (Å²) >= 11 is 0. The Kier molecular flexibility index (Phi) is 5.78. The Hall–Kier alpha value is -3.07. The Bertz CT molecular complexity index is 1010. The molecule has 0 aliphatic carbocycles. The Balaban J connectivity index is 1.88. The van der Waals surface area contributed by atoms with Crippen molar-refractivity contribution >= 4 is 27.5 Å². The Morgan fingerprint density at radius 2 is 1.66 bits per heavy atom. The summed E-state index contributed by atoms with van der Waals surface area (Å²) in [6.07, 6.45) is 0.0848. The van der Waals surface area contributed by atoms with Crippen molar-refractivity contribution in [2.24, 2.45) is 0 Å². The molecule has 0 bridgehead atoms. The van der Waals surface area contributed by atoms with Crippen LogP contribution in [-0.2, 0) is 19.6 Å². The summed E-state index contributed by atoms with van der Waals surface area (Å²) in [5.41, 5.74) is 1.26. The van der Waals surface area contributed by atoms with Crippen molar-refractivity contribution in [3.05, 3.63) is 48.0 Å². The monoisotopic (exact) mass is 418 g/mol. The van der Waals surface area contributed by atoms with Crippen LogP contribution in [0.4, 0.5) is 5.69 Å². The second-order valence-corrected chi connectivity index (χ2v) is 8.47. The molecule has 8 nitrogen and oxygen atoms in total. The van der Waals surface area contributed by atoms with E-state index in [1.165, 1.54) is 26.4 Å². The molecule has 2 aromatic rings. The summed E-state index contributed by atoms with van der Waals surface area (Å²) < 4.78 is 37.0. The molecule has 1 aliphatic rings. The zero-order valence-electron chi connectivity index (χ0n) is 16.3. The molecule has 1 N–H and O–H groups in total. The van der Waals surface area contributed by atoms with Gasteiger partial charge in [-0.15, -0.1) is 0 Å². The van der Waals surface area contributed by atoms with Crippen LogP contribution in [0.15, 0.2) is 47.4 Å². The molecular weight excluding hydrogens is 396 g/mol. The van der Waals surface area contributed by atoms with Gasteiger partial charge in [-0.3, -0.25) is 9.59 Å². The van der Waals surface area contributed by atoms with E-state index in [9.17, 15) is 18.0 Å². The minimum atomic E-state index is -4.14. The first-order valence-electron chi connectivity index (χ1n) is 8.94. The number of sulfonamides is 1. The molecule has 1 fully saturated rings. The third-order valence-corrected chi connectivity index (χ3v) is 6.50. The predicted octanol–water partition coefficient (Wildman–Crippen LogP) is 2.33. The van der Waals surface area contributed by atoms with Gasteiger partial charge in [0.1, 0.15) is 17.5 Å². The number of methoxy groups -OCH3 is 2. The van der Waals surface area contributed by atoms with Gasteiger partial charge in [0.2, 0.25) is 11.8 Å². The van der Waals surface area contributed by atoms with Crippen molar-refractivity contribution in [3.8, 4) is 11.5 Å². The number of hydrogen-bond acceptors (Lipinski definition) is 6. The fourth-order valence-corrected chi connectivity index (χ4v) is 4.73. The number of carbonyl (C=O) groups excluding carboxylic acids is 2. The molecular formula is C20H22N2O6S. The van der Waals surface area contributed by atoms with E-state index < -0.39 is 27.9 Å². The van der Waals surface area contributed by atoms with E-state index in [2.05, 4.69) is 5.32 Å². The van der Waals surface area contributed by atoms with Crippen LogP contribution in [0.1, 0.15) is 18.4 Å². The molecule has 0 radical (unpaired) electrons. The molecule has 3 rings (SSSR count). The van der Waals surface area contributed by atoms with E-state index in [1.807, 2.05) is 6.92 Å². The van der Waals surface area contributed by atoms with E-state index in [-0.39, 0.29) is 17.7 Å². The minimum absolute atomic E-state index is 0.0232. The van der Waals surface area contributed by atoms with Crippen molar-refractivity contribution in [2.45, 2.75) is 30.7 Å². The summed E-state index contributed by atoms with van der Waals surface area (Å²) in [4.78, 5) is 25.2. The lowest BCUT2D eigenvalue weighted by Gasteiger charge is -2.24. The highest BCUT2D eigenvalue weighted by Gasteiger charge is 2.44. The van der Waals surface area contributed by atoms with Gasteiger partial charge < -0.3 is 14.8 Å². The molecule has 0 saturated carbocycles. The maximum atomic E-state index is 13.0. The Morgan fingerprint density at radius 3 is 2.21 bits per heavy atom. The first kappa shape index (κ1) is 20.7. The molecule has 9 heteroatoms. The van der Waals surface area contributed by atoms with Crippen molar-refractivity contribution in [2.75, 3.05) is 19.5 Å². The Labute approximate surface area is 169 Å². The maximum Gasteiger partial charge on any atom is 0.267 e. The van der Waals surface area contributed by atoms with E-state index in [1.54, 1.807) is 30.3 Å². The van der Waals surface area contributed by atoms with Gasteiger partial charge >= 0.3 is 0 Å². The molecule has 0 aromatic heterocycles. The average molecular weight is 418 g/mol. The molecule has 1 aliphatic heterocycles. The van der Waals surface area contributed by atoms with E-state index in [0.29, 0.717) is 21.5 Å². The molecule has 29 heavy (non-hydrogen) atoms. The zero-order chi connectivity index (χ0) is 21.2. The summed E-state index contributed by atoms with van der Waals surface area (Å²) in [6.45, 7) is 1.83. The second-order valence-electron chi connectivity index (χ2n) is 6.65. The third-order valence-electron chi connectivity index (χ3n) is 4.66. The predicted molar refractivity (Wildman–Crippen MR) is 106 cm³/mol. The van der Waals surface area contributed by atoms with Crippen molar-refractivity contribution in [3.63, 3.8) is 0 Å². The third kappa shape index (κ3) is 4.19. The highest BCUT2D eigenvalue weighted by Crippen LogP contribution is 2.30. The lowest BCUT2D eigenvalue weighted by atomic mass is 10.2. The van der Waals surface area contributed by atoms with Crippen molar-refractivity contribution in [1.29, 1.82) is 0 Å². The summed E-state index contributed by atoms with van der Waals surface area (Å²) in [7, 11) is -1.19. The Morgan fingerprint density at radius 1 is 1.07 bits per heavy atom. The normalized spacial score (nSPS) is 16.6. The second kappa shape index (κ2) is 8.12. The van der Waals surface area contributed by atoms with Crippen molar-refractivity contribution in [1.82, 2.24) is 4.31 Å². The standard InChI is InChI=1S/C20H22N2O6S/c1-13-4-6-17(7-5-13)29(25,26)22-18(8-9-19(22)23)20(24)21-14-10-15(27-2)12-16(11-14)28-3/h4-7,10-12,18H,8-9H2,1-3H3,(H,21,24)/t18-/m1/s1. The number of rotatable bonds is 6. The van der Waals surface area contributed by atoms with Gasteiger partial charge in [-0.2, -0.15) is 0 Å².